The summed E-state index contributed by atoms with van der Waals surface area (Å²) in [6.45, 7) is 15.3. The van der Waals surface area contributed by atoms with Crippen LogP contribution >= 0.6 is 0 Å². The first-order valence-corrected chi connectivity index (χ1v) is 12.0. The molecule has 0 aromatic heterocycles. The molecule has 1 rings (SSSR count). The minimum atomic E-state index is -1.03. The molecule has 34 heavy (non-hydrogen) atoms. The van der Waals surface area contributed by atoms with Gasteiger partial charge >= 0.3 is 6.09 Å². The van der Waals surface area contributed by atoms with Crippen LogP contribution < -0.4 is 10.6 Å². The quantitative estimate of drug-likeness (QED) is 0.296. The molecule has 3 amide bonds. The van der Waals surface area contributed by atoms with Gasteiger partial charge in [0, 0.05) is 12.6 Å². The van der Waals surface area contributed by atoms with Gasteiger partial charge < -0.3 is 15.4 Å². The fourth-order valence-electron chi connectivity index (χ4n) is 3.65. The molecule has 0 spiro atoms. The third kappa shape index (κ3) is 8.09. The molecule has 7 heteroatoms. The molecular formula is C27H41N3O4. The standard InChI is InChI=1S/C27H41N3O4/c1-10-13-17-28-24(31)23(21-19(5)15-14-16-20(21)6)30(12-3)25(32)22(18(4)11-2)29-26(33)34-27(7,8)9/h3,14-16,18,22-23H,10-11,13,17H2,1-2,4-9H3,(H,28,31)(H,29,33). The van der Waals surface area contributed by atoms with Crippen molar-refractivity contribution in [2.75, 3.05) is 6.54 Å². The van der Waals surface area contributed by atoms with Gasteiger partial charge in [-0.25, -0.2) is 4.79 Å². The van der Waals surface area contributed by atoms with Crippen LogP contribution in [0.4, 0.5) is 4.79 Å². The van der Waals surface area contributed by atoms with Crippen LogP contribution in [0.1, 0.15) is 83.5 Å². The number of ether oxygens (including phenoxy) is 1. The summed E-state index contributed by atoms with van der Waals surface area (Å²) in [5.74, 6) is -1.11. The van der Waals surface area contributed by atoms with Crippen molar-refractivity contribution in [2.24, 2.45) is 5.92 Å². The van der Waals surface area contributed by atoms with Crippen molar-refractivity contribution in [2.45, 2.75) is 92.3 Å². The molecular weight excluding hydrogens is 430 g/mol. The highest BCUT2D eigenvalue weighted by Gasteiger charge is 2.38. The fraction of sp³-hybridized carbons (Fsp3) is 0.593. The van der Waals surface area contributed by atoms with Gasteiger partial charge in [0.15, 0.2) is 0 Å². The van der Waals surface area contributed by atoms with E-state index in [1.807, 2.05) is 52.8 Å². The summed E-state index contributed by atoms with van der Waals surface area (Å²) in [6, 6.07) is 6.13. The number of benzene rings is 1. The van der Waals surface area contributed by atoms with Crippen molar-refractivity contribution in [3.05, 3.63) is 34.9 Å². The van der Waals surface area contributed by atoms with E-state index in [2.05, 4.69) is 16.7 Å². The van der Waals surface area contributed by atoms with Crippen LogP contribution in [0.5, 0.6) is 0 Å². The summed E-state index contributed by atoms with van der Waals surface area (Å²) in [7, 11) is 0. The Kier molecular flexibility index (Phi) is 11.1. The van der Waals surface area contributed by atoms with Gasteiger partial charge in [0.1, 0.15) is 17.7 Å². The van der Waals surface area contributed by atoms with Crippen molar-refractivity contribution < 1.29 is 19.1 Å². The lowest BCUT2D eigenvalue weighted by Crippen LogP contribution is -2.54. The van der Waals surface area contributed by atoms with E-state index in [4.69, 9.17) is 11.2 Å². The molecule has 0 heterocycles. The highest BCUT2D eigenvalue weighted by atomic mass is 16.6. The maximum absolute atomic E-state index is 13.8. The Bertz CT molecular complexity index is 878. The fourth-order valence-corrected chi connectivity index (χ4v) is 3.65. The van der Waals surface area contributed by atoms with E-state index in [0.29, 0.717) is 18.5 Å². The van der Waals surface area contributed by atoms with Crippen LogP contribution in [0, 0.1) is 32.2 Å². The van der Waals surface area contributed by atoms with Gasteiger partial charge in [-0.15, -0.1) is 0 Å². The molecule has 188 valence electrons. The number of rotatable bonds is 10. The molecule has 0 radical (unpaired) electrons. The molecule has 0 fully saturated rings. The Hall–Kier alpha value is -3.01. The molecule has 0 aliphatic rings. The van der Waals surface area contributed by atoms with Gasteiger partial charge in [0.25, 0.3) is 5.91 Å². The van der Waals surface area contributed by atoms with Crippen LogP contribution in [0.2, 0.25) is 0 Å². The number of hydrogen-bond acceptors (Lipinski definition) is 4. The average molecular weight is 472 g/mol. The maximum atomic E-state index is 13.8. The van der Waals surface area contributed by atoms with Gasteiger partial charge in [-0.1, -0.05) is 58.2 Å². The van der Waals surface area contributed by atoms with Crippen molar-refractivity contribution >= 4 is 17.9 Å². The first kappa shape index (κ1) is 29.0. The van der Waals surface area contributed by atoms with Crippen LogP contribution in [0.3, 0.4) is 0 Å². The Morgan fingerprint density at radius 3 is 2.21 bits per heavy atom. The molecule has 1 aromatic rings. The molecule has 0 saturated carbocycles. The van der Waals surface area contributed by atoms with Gasteiger partial charge in [-0.2, -0.15) is 0 Å². The number of carbonyl (C=O) groups excluding carboxylic acids is 3. The number of nitrogens with zero attached hydrogens (tertiary/aromatic N) is 1. The van der Waals surface area contributed by atoms with Gasteiger partial charge in [-0.05, 0) is 63.6 Å². The molecule has 3 unspecified atom stereocenters. The van der Waals surface area contributed by atoms with E-state index in [1.54, 1.807) is 20.8 Å². The number of nitrogens with one attached hydrogen (secondary N) is 2. The monoisotopic (exact) mass is 471 g/mol. The first-order valence-electron chi connectivity index (χ1n) is 12.0. The Morgan fingerprint density at radius 2 is 1.74 bits per heavy atom. The Labute approximate surface area is 205 Å². The van der Waals surface area contributed by atoms with E-state index >= 15 is 0 Å². The Balaban J connectivity index is 3.46. The minimum Gasteiger partial charge on any atom is -0.444 e. The van der Waals surface area contributed by atoms with Crippen LogP contribution in [0.15, 0.2) is 18.2 Å². The van der Waals surface area contributed by atoms with Gasteiger partial charge in [0.05, 0.1) is 0 Å². The molecule has 3 atom stereocenters. The molecule has 2 N–H and O–H groups in total. The zero-order valence-corrected chi connectivity index (χ0v) is 22.0. The average Bonchev–Trinajstić information content (AvgIpc) is 2.74. The van der Waals surface area contributed by atoms with E-state index in [1.165, 1.54) is 0 Å². The number of amides is 3. The van der Waals surface area contributed by atoms with E-state index in [0.717, 1.165) is 28.9 Å². The van der Waals surface area contributed by atoms with Gasteiger partial charge in [0.2, 0.25) is 5.91 Å². The van der Waals surface area contributed by atoms with Crippen LogP contribution in [-0.2, 0) is 14.3 Å². The third-order valence-corrected chi connectivity index (χ3v) is 5.68. The van der Waals surface area contributed by atoms with E-state index in [9.17, 15) is 14.4 Å². The van der Waals surface area contributed by atoms with Crippen LogP contribution in [-0.4, -0.2) is 41.0 Å². The number of carbonyl (C=O) groups is 3. The zero-order chi connectivity index (χ0) is 26.1. The summed E-state index contributed by atoms with van der Waals surface area (Å²) in [5, 5.41) is 5.61. The van der Waals surface area contributed by atoms with Crippen LogP contribution in [0.25, 0.3) is 0 Å². The largest absolute Gasteiger partial charge is 0.444 e. The first-order chi connectivity index (χ1) is 15.9. The predicted molar refractivity (Wildman–Crippen MR) is 135 cm³/mol. The topological polar surface area (TPSA) is 87.7 Å². The molecule has 0 bridgehead atoms. The summed E-state index contributed by atoms with van der Waals surface area (Å²) in [6.07, 6.45) is 7.48. The highest BCUT2D eigenvalue weighted by molar-refractivity contribution is 5.93. The summed E-state index contributed by atoms with van der Waals surface area (Å²) in [5.41, 5.74) is 1.66. The summed E-state index contributed by atoms with van der Waals surface area (Å²) < 4.78 is 5.37. The smallest absolute Gasteiger partial charge is 0.408 e. The second kappa shape index (κ2) is 13.0. The molecule has 1 aromatic carbocycles. The van der Waals surface area contributed by atoms with E-state index in [-0.39, 0.29) is 11.8 Å². The number of aryl methyl sites for hydroxylation is 2. The number of alkyl carbamates (subject to hydrolysis) is 1. The lowest BCUT2D eigenvalue weighted by molar-refractivity contribution is -0.139. The van der Waals surface area contributed by atoms with Crippen molar-refractivity contribution in [3.63, 3.8) is 0 Å². The Morgan fingerprint density at radius 1 is 1.15 bits per heavy atom. The molecule has 0 saturated heterocycles. The second-order valence-electron chi connectivity index (χ2n) is 9.70. The molecule has 0 aliphatic heterocycles. The zero-order valence-electron chi connectivity index (χ0n) is 22.0. The normalized spacial score (nSPS) is 13.7. The van der Waals surface area contributed by atoms with E-state index < -0.39 is 29.7 Å². The predicted octanol–water partition coefficient (Wildman–Crippen LogP) is 4.62. The number of hydrogen-bond donors (Lipinski definition) is 2. The van der Waals surface area contributed by atoms with Crippen molar-refractivity contribution in [3.8, 4) is 12.5 Å². The summed E-state index contributed by atoms with van der Waals surface area (Å²) >= 11 is 0. The number of unbranched alkanes of at least 4 members (excludes halogenated alkanes) is 1. The SMILES string of the molecule is C#CN(C(=O)C(NC(=O)OC(C)(C)C)C(C)CC)C(C(=O)NCCCC)c1c(C)cccc1C. The second-order valence-corrected chi connectivity index (χ2v) is 9.70. The van der Waals surface area contributed by atoms with Gasteiger partial charge in [-0.3, -0.25) is 14.5 Å². The highest BCUT2D eigenvalue weighted by Crippen LogP contribution is 2.29. The number of terminal acetylenes is 1. The molecule has 7 nitrogen and oxygen atoms in total. The maximum Gasteiger partial charge on any atom is 0.408 e. The molecule has 0 aliphatic carbocycles. The summed E-state index contributed by atoms with van der Waals surface area (Å²) in [4.78, 5) is 40.8. The van der Waals surface area contributed by atoms with Crippen molar-refractivity contribution in [1.29, 1.82) is 0 Å². The lowest BCUT2D eigenvalue weighted by atomic mass is 9.92. The third-order valence-electron chi connectivity index (χ3n) is 5.68. The van der Waals surface area contributed by atoms with Crippen molar-refractivity contribution in [1.82, 2.24) is 15.5 Å². The lowest BCUT2D eigenvalue weighted by Gasteiger charge is -2.33. The minimum absolute atomic E-state index is 0.238.